The highest BCUT2D eigenvalue weighted by atomic mass is 16.1. The van der Waals surface area contributed by atoms with Gasteiger partial charge in [0.25, 0.3) is 0 Å². The fourth-order valence-electron chi connectivity index (χ4n) is 2.87. The molecule has 1 unspecified atom stereocenters. The lowest BCUT2D eigenvalue weighted by atomic mass is 10.00. The first-order valence-corrected chi connectivity index (χ1v) is 8.08. The number of rotatable bonds is 5. The van der Waals surface area contributed by atoms with Crippen LogP contribution in [-0.4, -0.2) is 35.3 Å². The van der Waals surface area contributed by atoms with Crippen molar-refractivity contribution in [1.29, 1.82) is 0 Å². The third-order valence-corrected chi connectivity index (χ3v) is 4.54. The van der Waals surface area contributed by atoms with E-state index in [1.807, 2.05) is 11.6 Å². The van der Waals surface area contributed by atoms with Gasteiger partial charge in [-0.05, 0) is 65.1 Å². The molecule has 1 amide bonds. The minimum atomic E-state index is 0.191. The fraction of sp³-hybridized carbons (Fsp3) is 0.750. The second kappa shape index (κ2) is 7.59. The largest absolute Gasteiger partial charge is 0.356 e. The van der Waals surface area contributed by atoms with Gasteiger partial charge >= 0.3 is 0 Å². The third-order valence-electron chi connectivity index (χ3n) is 4.54. The molecule has 0 radical (unpaired) electrons. The van der Waals surface area contributed by atoms with E-state index in [1.165, 1.54) is 11.3 Å². The van der Waals surface area contributed by atoms with Crippen LogP contribution in [-0.2, 0) is 11.3 Å². The van der Waals surface area contributed by atoms with Gasteiger partial charge in [0.15, 0.2) is 0 Å². The highest BCUT2D eigenvalue weighted by molar-refractivity contribution is 5.78. The Hall–Kier alpha value is -1.36. The van der Waals surface area contributed by atoms with Gasteiger partial charge in [-0.3, -0.25) is 9.48 Å². The Morgan fingerprint density at radius 3 is 2.86 bits per heavy atom. The molecule has 0 bridgehead atoms. The normalized spacial score (nSPS) is 19.3. The first-order chi connectivity index (χ1) is 10.1. The van der Waals surface area contributed by atoms with E-state index in [2.05, 4.69) is 29.6 Å². The molecule has 1 aliphatic heterocycles. The van der Waals surface area contributed by atoms with E-state index in [1.54, 1.807) is 0 Å². The van der Waals surface area contributed by atoms with Crippen molar-refractivity contribution >= 4 is 5.91 Å². The SMILES string of the molecule is Cc1nn(CCCNC(=O)C2CCCNCC2)c(C)c1C. The van der Waals surface area contributed by atoms with Crippen molar-refractivity contribution in [3.8, 4) is 0 Å². The van der Waals surface area contributed by atoms with Gasteiger partial charge in [-0.15, -0.1) is 0 Å². The van der Waals surface area contributed by atoms with Crippen LogP contribution < -0.4 is 10.6 Å². The molecule has 1 aliphatic rings. The van der Waals surface area contributed by atoms with Gasteiger partial charge in [0, 0.05) is 24.7 Å². The quantitative estimate of drug-likeness (QED) is 0.812. The average molecular weight is 292 g/mol. The topological polar surface area (TPSA) is 59.0 Å². The zero-order valence-electron chi connectivity index (χ0n) is 13.5. The Morgan fingerprint density at radius 1 is 1.33 bits per heavy atom. The summed E-state index contributed by atoms with van der Waals surface area (Å²) in [5.41, 5.74) is 3.60. The lowest BCUT2D eigenvalue weighted by molar-refractivity contribution is -0.125. The van der Waals surface area contributed by atoms with Gasteiger partial charge < -0.3 is 10.6 Å². The molecule has 0 aromatic carbocycles. The molecule has 1 fully saturated rings. The number of amides is 1. The van der Waals surface area contributed by atoms with E-state index in [0.29, 0.717) is 0 Å². The first-order valence-electron chi connectivity index (χ1n) is 8.08. The smallest absolute Gasteiger partial charge is 0.223 e. The Labute approximate surface area is 127 Å². The Bertz CT molecular complexity index is 473. The summed E-state index contributed by atoms with van der Waals surface area (Å²) in [5.74, 6) is 0.416. The Morgan fingerprint density at radius 2 is 2.14 bits per heavy atom. The maximum atomic E-state index is 12.1. The highest BCUT2D eigenvalue weighted by Crippen LogP contribution is 2.14. The van der Waals surface area contributed by atoms with Crippen molar-refractivity contribution < 1.29 is 4.79 Å². The molecule has 0 spiro atoms. The Kier molecular flexibility index (Phi) is 5.79. The summed E-state index contributed by atoms with van der Waals surface area (Å²) < 4.78 is 2.05. The third kappa shape index (κ3) is 4.30. The maximum Gasteiger partial charge on any atom is 0.223 e. The van der Waals surface area contributed by atoms with Crippen molar-refractivity contribution in [2.24, 2.45) is 5.92 Å². The molecule has 1 aromatic rings. The number of carbonyl (C=O) groups excluding carboxylic acids is 1. The lowest BCUT2D eigenvalue weighted by Crippen LogP contribution is -2.32. The molecule has 2 heterocycles. The standard InChI is InChI=1S/C16H28N4O/c1-12-13(2)19-20(14(12)3)11-5-9-18-16(21)15-6-4-8-17-10-7-15/h15,17H,4-11H2,1-3H3,(H,18,21). The number of aryl methyl sites for hydroxylation is 2. The highest BCUT2D eigenvalue weighted by Gasteiger charge is 2.19. The minimum absolute atomic E-state index is 0.191. The number of hydrogen-bond donors (Lipinski definition) is 2. The summed E-state index contributed by atoms with van der Waals surface area (Å²) in [4.78, 5) is 12.1. The van der Waals surface area contributed by atoms with Gasteiger partial charge in [0.2, 0.25) is 5.91 Å². The van der Waals surface area contributed by atoms with Crippen LogP contribution in [0.25, 0.3) is 0 Å². The summed E-state index contributed by atoms with van der Waals surface area (Å²) in [6, 6.07) is 0. The van der Waals surface area contributed by atoms with Crippen molar-refractivity contribution in [1.82, 2.24) is 20.4 Å². The number of aromatic nitrogens is 2. The molecular formula is C16H28N4O. The molecule has 118 valence electrons. The minimum Gasteiger partial charge on any atom is -0.356 e. The number of nitrogens with zero attached hydrogens (tertiary/aromatic N) is 2. The van der Waals surface area contributed by atoms with Crippen LogP contribution in [0.2, 0.25) is 0 Å². The summed E-state index contributed by atoms with van der Waals surface area (Å²) in [5, 5.41) is 11.0. The van der Waals surface area contributed by atoms with Gasteiger partial charge in [-0.1, -0.05) is 0 Å². The van der Waals surface area contributed by atoms with Crippen LogP contribution in [0.1, 0.15) is 42.6 Å². The molecule has 5 nitrogen and oxygen atoms in total. The monoisotopic (exact) mass is 292 g/mol. The van der Waals surface area contributed by atoms with E-state index in [-0.39, 0.29) is 11.8 Å². The molecule has 5 heteroatoms. The number of carbonyl (C=O) groups is 1. The van der Waals surface area contributed by atoms with Crippen LogP contribution in [0.4, 0.5) is 0 Å². The van der Waals surface area contributed by atoms with E-state index in [4.69, 9.17) is 0 Å². The van der Waals surface area contributed by atoms with Crippen LogP contribution in [0.5, 0.6) is 0 Å². The Balaban J connectivity index is 1.71. The molecule has 2 rings (SSSR count). The molecule has 1 atom stereocenters. The van der Waals surface area contributed by atoms with E-state index in [0.717, 1.165) is 57.6 Å². The predicted molar refractivity (Wildman–Crippen MR) is 84.3 cm³/mol. The molecule has 0 saturated carbocycles. The van der Waals surface area contributed by atoms with Crippen molar-refractivity contribution in [3.05, 3.63) is 17.0 Å². The van der Waals surface area contributed by atoms with Crippen LogP contribution in [0, 0.1) is 26.7 Å². The molecule has 21 heavy (non-hydrogen) atoms. The lowest BCUT2D eigenvalue weighted by Gasteiger charge is -2.14. The summed E-state index contributed by atoms with van der Waals surface area (Å²) in [6.45, 7) is 9.86. The maximum absolute atomic E-state index is 12.1. The molecule has 1 saturated heterocycles. The zero-order valence-corrected chi connectivity index (χ0v) is 13.5. The molecular weight excluding hydrogens is 264 g/mol. The van der Waals surface area contributed by atoms with Crippen LogP contribution in [0.15, 0.2) is 0 Å². The van der Waals surface area contributed by atoms with E-state index in [9.17, 15) is 4.79 Å². The average Bonchev–Trinajstić information content (AvgIpc) is 2.71. The predicted octanol–water partition coefficient (Wildman–Crippen LogP) is 1.70. The van der Waals surface area contributed by atoms with Crippen molar-refractivity contribution in [2.75, 3.05) is 19.6 Å². The molecule has 1 aromatic heterocycles. The first kappa shape index (κ1) is 16.0. The van der Waals surface area contributed by atoms with Crippen molar-refractivity contribution in [3.63, 3.8) is 0 Å². The van der Waals surface area contributed by atoms with Gasteiger partial charge in [0.05, 0.1) is 5.69 Å². The summed E-state index contributed by atoms with van der Waals surface area (Å²) in [6.07, 6.45) is 4.00. The zero-order chi connectivity index (χ0) is 15.2. The van der Waals surface area contributed by atoms with Gasteiger partial charge in [-0.2, -0.15) is 5.10 Å². The number of hydrogen-bond acceptors (Lipinski definition) is 3. The fourth-order valence-corrected chi connectivity index (χ4v) is 2.87. The molecule has 0 aliphatic carbocycles. The second-order valence-corrected chi connectivity index (χ2v) is 6.04. The van der Waals surface area contributed by atoms with Gasteiger partial charge in [0.1, 0.15) is 0 Å². The van der Waals surface area contributed by atoms with Gasteiger partial charge in [-0.25, -0.2) is 0 Å². The summed E-state index contributed by atoms with van der Waals surface area (Å²) >= 11 is 0. The summed E-state index contributed by atoms with van der Waals surface area (Å²) in [7, 11) is 0. The van der Waals surface area contributed by atoms with Crippen molar-refractivity contribution in [2.45, 2.75) is 53.0 Å². The van der Waals surface area contributed by atoms with Crippen LogP contribution in [0.3, 0.4) is 0 Å². The molecule has 2 N–H and O–H groups in total. The van der Waals surface area contributed by atoms with Crippen LogP contribution >= 0.6 is 0 Å². The number of nitrogens with one attached hydrogen (secondary N) is 2. The second-order valence-electron chi connectivity index (χ2n) is 6.04. The van der Waals surface area contributed by atoms with E-state index >= 15 is 0 Å². The van der Waals surface area contributed by atoms with E-state index < -0.39 is 0 Å².